The number of fused-ring (bicyclic) bond motifs is 1. The molecule has 112 valence electrons. The maximum absolute atomic E-state index is 5.85. The Hall–Kier alpha value is -1.31. The van der Waals surface area contributed by atoms with Gasteiger partial charge in [0, 0.05) is 25.0 Å². The van der Waals surface area contributed by atoms with E-state index in [1.807, 2.05) is 23.0 Å². The van der Waals surface area contributed by atoms with Crippen molar-refractivity contribution >= 4 is 11.3 Å². The summed E-state index contributed by atoms with van der Waals surface area (Å²) in [6.07, 6.45) is 5.40. The number of aryl methyl sites for hydroxylation is 3. The maximum atomic E-state index is 5.85. The average molecular weight is 305 g/mol. The second-order valence-corrected chi connectivity index (χ2v) is 6.89. The van der Waals surface area contributed by atoms with Crippen molar-refractivity contribution in [3.63, 3.8) is 0 Å². The summed E-state index contributed by atoms with van der Waals surface area (Å²) in [5.41, 5.74) is 1.34. The summed E-state index contributed by atoms with van der Waals surface area (Å²) in [4.78, 5) is 8.71. The molecule has 3 heterocycles. The van der Waals surface area contributed by atoms with Crippen molar-refractivity contribution in [1.29, 1.82) is 0 Å². The van der Waals surface area contributed by atoms with E-state index in [4.69, 9.17) is 9.72 Å². The van der Waals surface area contributed by atoms with Gasteiger partial charge in [-0.15, -0.1) is 21.5 Å². The Morgan fingerprint density at radius 2 is 2.38 bits per heavy atom. The van der Waals surface area contributed by atoms with Gasteiger partial charge in [-0.1, -0.05) is 0 Å². The Kier molecular flexibility index (Phi) is 3.48. The van der Waals surface area contributed by atoms with Crippen molar-refractivity contribution in [2.45, 2.75) is 31.9 Å². The predicted molar refractivity (Wildman–Crippen MR) is 79.1 cm³/mol. The van der Waals surface area contributed by atoms with Crippen LogP contribution in [0.15, 0.2) is 6.33 Å². The van der Waals surface area contributed by atoms with Crippen LogP contribution in [0.2, 0.25) is 0 Å². The molecule has 0 bridgehead atoms. The normalized spacial score (nSPS) is 22.6. The Morgan fingerprint density at radius 3 is 3.19 bits per heavy atom. The second kappa shape index (κ2) is 5.47. The van der Waals surface area contributed by atoms with Crippen LogP contribution in [0.3, 0.4) is 0 Å². The summed E-state index contributed by atoms with van der Waals surface area (Å²) in [7, 11) is 1.96. The molecule has 7 heteroatoms. The number of hydrogen-bond donors (Lipinski definition) is 0. The highest BCUT2D eigenvalue weighted by Crippen LogP contribution is 2.29. The lowest BCUT2D eigenvalue weighted by Crippen LogP contribution is -2.38. The van der Waals surface area contributed by atoms with Crippen molar-refractivity contribution in [1.82, 2.24) is 24.6 Å². The van der Waals surface area contributed by atoms with Gasteiger partial charge < -0.3 is 9.30 Å². The lowest BCUT2D eigenvalue weighted by molar-refractivity contribution is -0.0385. The van der Waals surface area contributed by atoms with Crippen LogP contribution in [0.4, 0.5) is 0 Å². The number of aromatic nitrogens is 4. The molecule has 21 heavy (non-hydrogen) atoms. The van der Waals surface area contributed by atoms with Crippen LogP contribution in [-0.4, -0.2) is 44.3 Å². The van der Waals surface area contributed by atoms with E-state index in [-0.39, 0.29) is 6.10 Å². The molecule has 2 aliphatic rings. The summed E-state index contributed by atoms with van der Waals surface area (Å²) >= 11 is 1.89. The standard InChI is InChI=1S/C14H19N5OS/c1-18-9-15-17-14(18)11-7-19(5-6-20-11)8-13-16-10-3-2-4-12(10)21-13/h9,11H,2-8H2,1H3. The van der Waals surface area contributed by atoms with E-state index < -0.39 is 0 Å². The lowest BCUT2D eigenvalue weighted by Gasteiger charge is -2.31. The molecule has 4 rings (SSSR count). The monoisotopic (exact) mass is 305 g/mol. The summed E-state index contributed by atoms with van der Waals surface area (Å²) < 4.78 is 7.79. The zero-order chi connectivity index (χ0) is 14.2. The minimum absolute atomic E-state index is 0.0121. The van der Waals surface area contributed by atoms with Crippen LogP contribution in [-0.2, 0) is 31.2 Å². The molecule has 0 N–H and O–H groups in total. The van der Waals surface area contributed by atoms with Gasteiger partial charge in [-0.3, -0.25) is 4.90 Å². The topological polar surface area (TPSA) is 56.1 Å². The van der Waals surface area contributed by atoms with E-state index >= 15 is 0 Å². The first-order valence-electron chi connectivity index (χ1n) is 7.45. The smallest absolute Gasteiger partial charge is 0.163 e. The minimum atomic E-state index is 0.0121. The Labute approximate surface area is 127 Å². The molecule has 0 aromatic carbocycles. The summed E-state index contributed by atoms with van der Waals surface area (Å²) in [6, 6.07) is 0. The third-order valence-corrected chi connectivity index (χ3v) is 5.33. The molecule has 6 nitrogen and oxygen atoms in total. The first-order valence-corrected chi connectivity index (χ1v) is 8.26. The number of rotatable bonds is 3. The van der Waals surface area contributed by atoms with E-state index in [2.05, 4.69) is 15.1 Å². The van der Waals surface area contributed by atoms with E-state index in [1.54, 1.807) is 6.33 Å². The van der Waals surface area contributed by atoms with Gasteiger partial charge in [0.05, 0.1) is 18.8 Å². The molecule has 2 aromatic rings. The van der Waals surface area contributed by atoms with Gasteiger partial charge in [0.1, 0.15) is 17.4 Å². The number of hydrogen-bond acceptors (Lipinski definition) is 6. The number of morpholine rings is 1. The van der Waals surface area contributed by atoms with Gasteiger partial charge in [-0.2, -0.15) is 0 Å². The molecule has 1 unspecified atom stereocenters. The van der Waals surface area contributed by atoms with Gasteiger partial charge in [0.2, 0.25) is 0 Å². The van der Waals surface area contributed by atoms with Crippen LogP contribution in [0, 0.1) is 0 Å². The van der Waals surface area contributed by atoms with Gasteiger partial charge in [-0.25, -0.2) is 4.98 Å². The first kappa shape index (κ1) is 13.4. The SMILES string of the molecule is Cn1cnnc1C1CN(Cc2nc3c(s2)CCC3)CCO1. The van der Waals surface area contributed by atoms with Crippen LogP contribution < -0.4 is 0 Å². The van der Waals surface area contributed by atoms with Gasteiger partial charge in [0.15, 0.2) is 5.82 Å². The van der Waals surface area contributed by atoms with Crippen LogP contribution in [0.25, 0.3) is 0 Å². The highest BCUT2D eigenvalue weighted by atomic mass is 32.1. The van der Waals surface area contributed by atoms with Crippen LogP contribution >= 0.6 is 11.3 Å². The highest BCUT2D eigenvalue weighted by molar-refractivity contribution is 7.11. The zero-order valence-corrected chi connectivity index (χ0v) is 13.0. The molecule has 1 aliphatic carbocycles. The largest absolute Gasteiger partial charge is 0.368 e. The fourth-order valence-corrected chi connectivity index (χ4v) is 4.29. The summed E-state index contributed by atoms with van der Waals surface area (Å²) in [5.74, 6) is 0.904. The van der Waals surface area contributed by atoms with Gasteiger partial charge in [-0.05, 0) is 19.3 Å². The minimum Gasteiger partial charge on any atom is -0.368 e. The molecule has 0 radical (unpaired) electrons. The molecule has 2 aromatic heterocycles. The molecule has 0 amide bonds. The molecular weight excluding hydrogens is 286 g/mol. The third-order valence-electron chi connectivity index (χ3n) is 4.18. The first-order chi connectivity index (χ1) is 10.3. The van der Waals surface area contributed by atoms with Crippen LogP contribution in [0.1, 0.15) is 33.9 Å². The molecular formula is C14H19N5OS. The summed E-state index contributed by atoms with van der Waals surface area (Å²) in [5, 5.41) is 9.36. The maximum Gasteiger partial charge on any atom is 0.163 e. The highest BCUT2D eigenvalue weighted by Gasteiger charge is 2.26. The molecule has 0 spiro atoms. The van der Waals surface area contributed by atoms with Crippen LogP contribution in [0.5, 0.6) is 0 Å². The Bertz CT molecular complexity index is 616. The van der Waals surface area contributed by atoms with Crippen molar-refractivity contribution in [3.05, 3.63) is 27.7 Å². The lowest BCUT2D eigenvalue weighted by atomic mass is 10.2. The summed E-state index contributed by atoms with van der Waals surface area (Å²) in [6.45, 7) is 3.48. The molecule has 1 aliphatic heterocycles. The molecule has 1 fully saturated rings. The van der Waals surface area contributed by atoms with Crippen molar-refractivity contribution in [2.24, 2.45) is 7.05 Å². The van der Waals surface area contributed by atoms with E-state index in [0.29, 0.717) is 0 Å². The fraction of sp³-hybridized carbons (Fsp3) is 0.643. The quantitative estimate of drug-likeness (QED) is 0.856. The van der Waals surface area contributed by atoms with Crippen molar-refractivity contribution in [3.8, 4) is 0 Å². The molecule has 1 atom stereocenters. The molecule has 0 saturated carbocycles. The number of thiazole rings is 1. The van der Waals surface area contributed by atoms with Crippen molar-refractivity contribution < 1.29 is 4.74 Å². The number of ether oxygens (including phenoxy) is 1. The Morgan fingerprint density at radius 1 is 1.43 bits per heavy atom. The van der Waals surface area contributed by atoms with Gasteiger partial charge >= 0.3 is 0 Å². The molecule has 1 saturated heterocycles. The van der Waals surface area contributed by atoms with E-state index in [9.17, 15) is 0 Å². The van der Waals surface area contributed by atoms with Crippen molar-refractivity contribution in [2.75, 3.05) is 19.7 Å². The zero-order valence-electron chi connectivity index (χ0n) is 12.2. The average Bonchev–Trinajstić information content (AvgIpc) is 3.15. The van der Waals surface area contributed by atoms with Gasteiger partial charge in [0.25, 0.3) is 0 Å². The Balaban J connectivity index is 1.44. The second-order valence-electron chi connectivity index (χ2n) is 5.73. The number of nitrogens with zero attached hydrogens (tertiary/aromatic N) is 5. The van der Waals surface area contributed by atoms with E-state index in [0.717, 1.165) is 38.5 Å². The third kappa shape index (κ3) is 2.61. The van der Waals surface area contributed by atoms with E-state index in [1.165, 1.54) is 28.4 Å². The predicted octanol–water partition coefficient (Wildman–Crippen LogP) is 1.33. The fourth-order valence-electron chi connectivity index (χ4n) is 3.09.